The first-order chi connectivity index (χ1) is 12.7. The van der Waals surface area contributed by atoms with Gasteiger partial charge >= 0.3 is 0 Å². The fraction of sp³-hybridized carbons (Fsp3) is 0.875. The number of aliphatic hydroxyl groups excluding tert-OH is 4. The number of hydrogen-bond acceptors (Lipinski definition) is 10. The molecule has 0 aromatic carbocycles. The number of methoxy groups -OCH3 is 1. The highest BCUT2D eigenvalue weighted by molar-refractivity contribution is 5.73. The summed E-state index contributed by atoms with van der Waals surface area (Å²) in [6.07, 6.45) is -10.6. The number of amides is 1. The van der Waals surface area contributed by atoms with Gasteiger partial charge in [0.1, 0.15) is 42.7 Å². The Bertz CT molecular complexity index is 519. The maximum absolute atomic E-state index is 11.5. The largest absolute Gasteiger partial charge is 0.394 e. The first-order valence-electron chi connectivity index (χ1n) is 8.61. The van der Waals surface area contributed by atoms with Crippen LogP contribution in [0.15, 0.2) is 0 Å². The van der Waals surface area contributed by atoms with Crippen molar-refractivity contribution in [3.05, 3.63) is 0 Å². The molecule has 27 heavy (non-hydrogen) atoms. The monoisotopic (exact) mass is 393 g/mol. The number of carbonyl (C=O) groups is 2. The predicted octanol–water partition coefficient (Wildman–Crippen LogP) is -3.32. The Morgan fingerprint density at radius 2 is 1.81 bits per heavy atom. The molecule has 11 heteroatoms. The van der Waals surface area contributed by atoms with Crippen LogP contribution in [0.1, 0.15) is 13.8 Å². The van der Waals surface area contributed by atoms with Crippen LogP contribution < -0.4 is 5.32 Å². The third-order valence-electron chi connectivity index (χ3n) is 4.79. The standard InChI is InChI=1S/C16H27NO10/c1-6-10(17-7(2)20)15(11(21)8(4-18)25-6)27-16-13(23)12(22)14(24-3)9(5-19)26-16/h5-6,8-16,18,21-23H,4H2,1-3H3,(H,17,20)/t6-,8?,9+,10?,11-,12?,13?,14+,15+,16+/m0/s1. The average Bonchev–Trinajstić information content (AvgIpc) is 2.63. The summed E-state index contributed by atoms with van der Waals surface area (Å²) in [5.74, 6) is -0.408. The van der Waals surface area contributed by atoms with Crippen molar-refractivity contribution in [2.45, 2.75) is 75.0 Å². The molecule has 156 valence electrons. The SMILES string of the molecule is CO[C@H]1C(O)C(O)[C@@H](O[C@@H]2C(NC(C)=O)[C@H](C)OC(CO)[C@@H]2O)O[C@@H]1C=O. The molecule has 2 aliphatic rings. The Kier molecular flexibility index (Phi) is 7.65. The molecule has 4 unspecified atom stereocenters. The summed E-state index contributed by atoms with van der Waals surface area (Å²) < 4.78 is 21.5. The second-order valence-electron chi connectivity index (χ2n) is 6.67. The molecule has 0 radical (unpaired) electrons. The lowest BCUT2D eigenvalue weighted by Gasteiger charge is -2.47. The summed E-state index contributed by atoms with van der Waals surface area (Å²) in [5, 5.41) is 42.9. The summed E-state index contributed by atoms with van der Waals surface area (Å²) >= 11 is 0. The van der Waals surface area contributed by atoms with E-state index in [1.807, 2.05) is 0 Å². The normalized spacial score (nSPS) is 45.3. The van der Waals surface area contributed by atoms with Crippen molar-refractivity contribution in [1.82, 2.24) is 5.32 Å². The molecular weight excluding hydrogens is 366 g/mol. The van der Waals surface area contributed by atoms with E-state index in [1.165, 1.54) is 14.0 Å². The van der Waals surface area contributed by atoms with E-state index in [0.29, 0.717) is 6.29 Å². The summed E-state index contributed by atoms with van der Waals surface area (Å²) in [5.41, 5.74) is 0. The number of aliphatic hydroxyl groups is 4. The van der Waals surface area contributed by atoms with Gasteiger partial charge in [0.25, 0.3) is 0 Å². The van der Waals surface area contributed by atoms with Gasteiger partial charge in [0.2, 0.25) is 5.91 Å². The number of ether oxygens (including phenoxy) is 4. The van der Waals surface area contributed by atoms with Gasteiger partial charge in [-0.05, 0) is 6.92 Å². The van der Waals surface area contributed by atoms with E-state index in [1.54, 1.807) is 6.92 Å². The van der Waals surface area contributed by atoms with Crippen LogP contribution in [0.25, 0.3) is 0 Å². The minimum Gasteiger partial charge on any atom is -0.394 e. The highest BCUT2D eigenvalue weighted by Gasteiger charge is 2.50. The quantitative estimate of drug-likeness (QED) is 0.288. The molecule has 0 bridgehead atoms. The molecule has 0 aliphatic carbocycles. The molecule has 5 N–H and O–H groups in total. The number of aldehydes is 1. The third-order valence-corrected chi connectivity index (χ3v) is 4.79. The number of hydrogen-bond donors (Lipinski definition) is 5. The molecule has 2 rings (SSSR count). The van der Waals surface area contributed by atoms with Crippen molar-refractivity contribution in [1.29, 1.82) is 0 Å². The zero-order valence-electron chi connectivity index (χ0n) is 15.3. The molecule has 0 spiro atoms. The second kappa shape index (κ2) is 9.34. The van der Waals surface area contributed by atoms with E-state index in [9.17, 15) is 30.0 Å². The van der Waals surface area contributed by atoms with Gasteiger partial charge in [-0.1, -0.05) is 0 Å². The van der Waals surface area contributed by atoms with Crippen LogP contribution >= 0.6 is 0 Å². The average molecular weight is 393 g/mol. The topological polar surface area (TPSA) is 164 Å². The number of carbonyl (C=O) groups excluding carboxylic acids is 2. The van der Waals surface area contributed by atoms with Crippen molar-refractivity contribution in [3.63, 3.8) is 0 Å². The van der Waals surface area contributed by atoms with Crippen molar-refractivity contribution in [2.75, 3.05) is 13.7 Å². The Hall–Kier alpha value is -1.18. The molecule has 1 amide bonds. The van der Waals surface area contributed by atoms with Gasteiger partial charge in [0.15, 0.2) is 12.6 Å². The third kappa shape index (κ3) is 4.63. The van der Waals surface area contributed by atoms with Crippen LogP contribution in [0.2, 0.25) is 0 Å². The molecule has 2 aliphatic heterocycles. The van der Waals surface area contributed by atoms with Crippen LogP contribution in [0.4, 0.5) is 0 Å². The zero-order valence-corrected chi connectivity index (χ0v) is 15.3. The molecule has 0 aromatic heterocycles. The fourth-order valence-electron chi connectivity index (χ4n) is 3.40. The minimum absolute atomic E-state index is 0.407. The fourth-order valence-corrected chi connectivity index (χ4v) is 3.40. The second-order valence-corrected chi connectivity index (χ2v) is 6.67. The molecular formula is C16H27NO10. The van der Waals surface area contributed by atoms with Crippen molar-refractivity contribution in [2.24, 2.45) is 0 Å². The summed E-state index contributed by atoms with van der Waals surface area (Å²) in [4.78, 5) is 22.7. The molecule has 11 nitrogen and oxygen atoms in total. The Morgan fingerprint density at radius 1 is 1.15 bits per heavy atom. The lowest BCUT2D eigenvalue weighted by molar-refractivity contribution is -0.323. The van der Waals surface area contributed by atoms with Crippen LogP contribution in [0.3, 0.4) is 0 Å². The Labute approximate surface area is 156 Å². The molecule has 10 atom stereocenters. The summed E-state index contributed by atoms with van der Waals surface area (Å²) in [7, 11) is 1.25. The van der Waals surface area contributed by atoms with Crippen molar-refractivity contribution < 1.29 is 49.0 Å². The lowest BCUT2D eigenvalue weighted by atomic mass is 9.92. The maximum Gasteiger partial charge on any atom is 0.217 e. The first kappa shape index (κ1) is 22.1. The van der Waals surface area contributed by atoms with Crippen LogP contribution in [0, 0.1) is 0 Å². The highest BCUT2D eigenvalue weighted by Crippen LogP contribution is 2.29. The van der Waals surface area contributed by atoms with Crippen molar-refractivity contribution >= 4 is 12.2 Å². The van der Waals surface area contributed by atoms with E-state index in [4.69, 9.17) is 18.9 Å². The highest BCUT2D eigenvalue weighted by atomic mass is 16.7. The van der Waals surface area contributed by atoms with Crippen LogP contribution in [0.5, 0.6) is 0 Å². The van der Waals surface area contributed by atoms with E-state index >= 15 is 0 Å². The van der Waals surface area contributed by atoms with E-state index < -0.39 is 73.7 Å². The maximum atomic E-state index is 11.5. The van der Waals surface area contributed by atoms with Crippen LogP contribution in [-0.4, -0.2) is 107 Å². The molecule has 2 saturated heterocycles. The van der Waals surface area contributed by atoms with Crippen LogP contribution in [-0.2, 0) is 28.5 Å². The van der Waals surface area contributed by atoms with Gasteiger partial charge in [-0.15, -0.1) is 0 Å². The lowest BCUT2D eigenvalue weighted by Crippen LogP contribution is -2.67. The molecule has 0 aromatic rings. The minimum atomic E-state index is -1.58. The van der Waals surface area contributed by atoms with E-state index in [0.717, 1.165) is 0 Å². The first-order valence-corrected chi connectivity index (χ1v) is 8.61. The van der Waals surface area contributed by atoms with Gasteiger partial charge < -0.3 is 49.5 Å². The van der Waals surface area contributed by atoms with E-state index in [-0.39, 0.29) is 0 Å². The van der Waals surface area contributed by atoms with E-state index in [2.05, 4.69) is 5.32 Å². The summed E-state index contributed by atoms with van der Waals surface area (Å²) in [6, 6.07) is -0.830. The van der Waals surface area contributed by atoms with Gasteiger partial charge in [-0.3, -0.25) is 4.79 Å². The Balaban J connectivity index is 2.23. The van der Waals surface area contributed by atoms with Crippen molar-refractivity contribution in [3.8, 4) is 0 Å². The molecule has 2 heterocycles. The number of nitrogens with one attached hydrogen (secondary N) is 1. The smallest absolute Gasteiger partial charge is 0.217 e. The zero-order chi connectivity index (χ0) is 20.3. The van der Waals surface area contributed by atoms with Gasteiger partial charge in [-0.2, -0.15) is 0 Å². The molecule has 0 saturated carbocycles. The summed E-state index contributed by atoms with van der Waals surface area (Å²) in [6.45, 7) is 2.39. The number of rotatable bonds is 6. The molecule has 2 fully saturated rings. The van der Waals surface area contributed by atoms with Gasteiger partial charge in [-0.25, -0.2) is 0 Å². The predicted molar refractivity (Wildman–Crippen MR) is 87.4 cm³/mol. The Morgan fingerprint density at radius 3 is 2.33 bits per heavy atom. The van der Waals surface area contributed by atoms with Gasteiger partial charge in [0, 0.05) is 14.0 Å². The van der Waals surface area contributed by atoms with Gasteiger partial charge in [0.05, 0.1) is 18.8 Å².